The van der Waals surface area contributed by atoms with E-state index < -0.39 is 0 Å². The molecule has 0 unspecified atom stereocenters. The highest BCUT2D eigenvalue weighted by Gasteiger charge is 2.01. The predicted molar refractivity (Wildman–Crippen MR) is 50.9 cm³/mol. The zero-order valence-corrected chi connectivity index (χ0v) is 7.73. The third-order valence-corrected chi connectivity index (χ3v) is 1.54. The summed E-state index contributed by atoms with van der Waals surface area (Å²) in [6.07, 6.45) is 6.24. The Kier molecular flexibility index (Phi) is 4.29. The number of hydrogen-bond acceptors (Lipinski definition) is 1. The van der Waals surface area contributed by atoms with Crippen LogP contribution in [0.5, 0.6) is 0 Å². The highest BCUT2D eigenvalue weighted by Crippen LogP contribution is 2.06. The molecule has 0 aliphatic carbocycles. The van der Waals surface area contributed by atoms with Gasteiger partial charge in [-0.25, -0.2) is 0 Å². The largest absolute Gasteiger partial charge is 0.292 e. The van der Waals surface area contributed by atoms with Crippen molar-refractivity contribution in [3.8, 4) is 12.3 Å². The Hall–Kier alpha value is -1.03. The van der Waals surface area contributed by atoms with Gasteiger partial charge in [0.15, 0.2) is 0 Å². The van der Waals surface area contributed by atoms with Crippen LogP contribution in [-0.4, -0.2) is 12.8 Å². The predicted octanol–water partition coefficient (Wildman–Crippen LogP) is 2.44. The molecular weight excluding hydrogens is 134 g/mol. The lowest BCUT2D eigenvalue weighted by atomic mass is 10.0. The Balaban J connectivity index is 4.84. The Morgan fingerprint density at radius 1 is 1.45 bits per heavy atom. The summed E-state index contributed by atoms with van der Waals surface area (Å²) >= 11 is 0. The summed E-state index contributed by atoms with van der Waals surface area (Å²) in [6, 6.07) is 0. The van der Waals surface area contributed by atoms with Crippen molar-refractivity contribution in [1.29, 1.82) is 0 Å². The zero-order chi connectivity index (χ0) is 8.85. The van der Waals surface area contributed by atoms with Crippen molar-refractivity contribution in [2.75, 3.05) is 7.05 Å². The molecule has 0 bridgehead atoms. The highest BCUT2D eigenvalue weighted by molar-refractivity contribution is 6.04. The van der Waals surface area contributed by atoms with E-state index in [0.29, 0.717) is 0 Å². The molecule has 0 aliphatic heterocycles. The Bertz CT molecular complexity index is 222. The van der Waals surface area contributed by atoms with Crippen LogP contribution in [0.4, 0.5) is 0 Å². The molecule has 0 aromatic rings. The smallest absolute Gasteiger partial charge is 0.0497 e. The maximum atomic E-state index is 5.34. The first-order valence-electron chi connectivity index (χ1n) is 3.77. The van der Waals surface area contributed by atoms with E-state index in [2.05, 4.69) is 17.8 Å². The molecule has 0 saturated heterocycles. The van der Waals surface area contributed by atoms with E-state index in [0.717, 1.165) is 23.3 Å². The number of terminal acetylenes is 1. The summed E-state index contributed by atoms with van der Waals surface area (Å²) in [6.45, 7) is 6.08. The number of hydrogen-bond donors (Lipinski definition) is 0. The second kappa shape index (κ2) is 4.73. The van der Waals surface area contributed by atoms with Crippen molar-refractivity contribution in [2.45, 2.75) is 27.2 Å². The Morgan fingerprint density at radius 3 is 2.09 bits per heavy atom. The first-order chi connectivity index (χ1) is 5.17. The standard InChI is InChI=1S/C10H15N/c1-6-9(8(3)4)10(7-2)11-5/h1H,7H2,2-5H3. The van der Waals surface area contributed by atoms with E-state index >= 15 is 0 Å². The molecule has 0 aromatic heterocycles. The van der Waals surface area contributed by atoms with E-state index in [1.807, 2.05) is 13.8 Å². The van der Waals surface area contributed by atoms with Gasteiger partial charge in [0.1, 0.15) is 0 Å². The molecule has 0 atom stereocenters. The molecule has 0 saturated carbocycles. The Labute approximate surface area is 69.2 Å². The van der Waals surface area contributed by atoms with Gasteiger partial charge < -0.3 is 0 Å². The molecule has 0 amide bonds. The van der Waals surface area contributed by atoms with Gasteiger partial charge in [0.2, 0.25) is 0 Å². The van der Waals surface area contributed by atoms with Crippen LogP contribution in [0.25, 0.3) is 0 Å². The molecule has 0 fully saturated rings. The van der Waals surface area contributed by atoms with Gasteiger partial charge >= 0.3 is 0 Å². The van der Waals surface area contributed by atoms with E-state index in [9.17, 15) is 0 Å². The third kappa shape index (κ3) is 2.59. The average Bonchev–Trinajstić information content (AvgIpc) is 1.99. The molecule has 1 heteroatoms. The number of aliphatic imine (C=N–C) groups is 1. The summed E-state index contributed by atoms with van der Waals surface area (Å²) in [7, 11) is 1.78. The lowest BCUT2D eigenvalue weighted by molar-refractivity contribution is 1.23. The van der Waals surface area contributed by atoms with E-state index in [1.54, 1.807) is 7.05 Å². The van der Waals surface area contributed by atoms with E-state index in [1.165, 1.54) is 0 Å². The fraction of sp³-hybridized carbons (Fsp3) is 0.500. The van der Waals surface area contributed by atoms with Gasteiger partial charge in [-0.15, -0.1) is 6.42 Å². The summed E-state index contributed by atoms with van der Waals surface area (Å²) in [5.74, 6) is 2.65. The van der Waals surface area contributed by atoms with Crippen LogP contribution in [0, 0.1) is 12.3 Å². The van der Waals surface area contributed by atoms with Crippen LogP contribution in [0.3, 0.4) is 0 Å². The second-order valence-corrected chi connectivity index (χ2v) is 2.54. The van der Waals surface area contributed by atoms with Crippen molar-refractivity contribution in [3.63, 3.8) is 0 Å². The van der Waals surface area contributed by atoms with Gasteiger partial charge in [0, 0.05) is 18.3 Å². The van der Waals surface area contributed by atoms with Crippen LogP contribution in [0.2, 0.25) is 0 Å². The molecular formula is C10H15N. The fourth-order valence-corrected chi connectivity index (χ4v) is 0.963. The average molecular weight is 149 g/mol. The monoisotopic (exact) mass is 149 g/mol. The van der Waals surface area contributed by atoms with Crippen LogP contribution in [0.15, 0.2) is 16.1 Å². The van der Waals surface area contributed by atoms with Gasteiger partial charge in [0.05, 0.1) is 0 Å². The summed E-state index contributed by atoms with van der Waals surface area (Å²) in [4.78, 5) is 4.12. The minimum Gasteiger partial charge on any atom is -0.292 e. The molecule has 0 radical (unpaired) electrons. The van der Waals surface area contributed by atoms with Gasteiger partial charge in [-0.1, -0.05) is 18.4 Å². The van der Waals surface area contributed by atoms with Gasteiger partial charge in [-0.2, -0.15) is 0 Å². The lowest BCUT2D eigenvalue weighted by Crippen LogP contribution is -2.00. The van der Waals surface area contributed by atoms with E-state index in [-0.39, 0.29) is 0 Å². The first-order valence-corrected chi connectivity index (χ1v) is 3.77. The minimum atomic E-state index is 0.904. The van der Waals surface area contributed by atoms with Gasteiger partial charge in [-0.3, -0.25) is 4.99 Å². The lowest BCUT2D eigenvalue weighted by Gasteiger charge is -2.03. The maximum Gasteiger partial charge on any atom is 0.0497 e. The second-order valence-electron chi connectivity index (χ2n) is 2.54. The molecule has 0 rings (SSSR count). The first kappa shape index (κ1) is 9.97. The zero-order valence-electron chi connectivity index (χ0n) is 7.73. The molecule has 1 nitrogen and oxygen atoms in total. The molecule has 0 N–H and O–H groups in total. The SMILES string of the molecule is C#CC(C(CC)=NC)=C(C)C. The minimum absolute atomic E-state index is 0.904. The number of nitrogens with zero attached hydrogens (tertiary/aromatic N) is 1. The maximum absolute atomic E-state index is 5.34. The molecule has 0 aliphatic rings. The van der Waals surface area contributed by atoms with Gasteiger partial charge in [0.25, 0.3) is 0 Å². The molecule has 11 heavy (non-hydrogen) atoms. The quantitative estimate of drug-likeness (QED) is 0.422. The normalized spacial score (nSPS) is 10.6. The molecule has 0 aromatic carbocycles. The highest BCUT2D eigenvalue weighted by atomic mass is 14.7. The van der Waals surface area contributed by atoms with Crippen LogP contribution in [0.1, 0.15) is 27.2 Å². The van der Waals surface area contributed by atoms with Crippen LogP contribution in [-0.2, 0) is 0 Å². The third-order valence-electron chi connectivity index (χ3n) is 1.54. The fourth-order valence-electron chi connectivity index (χ4n) is 0.963. The van der Waals surface area contributed by atoms with Crippen molar-refractivity contribution in [3.05, 3.63) is 11.1 Å². The topological polar surface area (TPSA) is 12.4 Å². The van der Waals surface area contributed by atoms with Gasteiger partial charge in [-0.05, 0) is 20.3 Å². The number of rotatable bonds is 2. The molecule has 0 heterocycles. The summed E-state index contributed by atoms with van der Waals surface area (Å²) < 4.78 is 0. The van der Waals surface area contributed by atoms with Crippen molar-refractivity contribution < 1.29 is 0 Å². The van der Waals surface area contributed by atoms with Crippen LogP contribution >= 0.6 is 0 Å². The molecule has 0 spiro atoms. The van der Waals surface area contributed by atoms with Crippen molar-refractivity contribution in [1.82, 2.24) is 0 Å². The van der Waals surface area contributed by atoms with Crippen LogP contribution < -0.4 is 0 Å². The Morgan fingerprint density at radius 2 is 2.00 bits per heavy atom. The van der Waals surface area contributed by atoms with E-state index in [4.69, 9.17) is 6.42 Å². The summed E-state index contributed by atoms with van der Waals surface area (Å²) in [5.41, 5.74) is 3.14. The van der Waals surface area contributed by atoms with Crippen molar-refractivity contribution in [2.24, 2.45) is 4.99 Å². The number of allylic oxidation sites excluding steroid dienone is 2. The van der Waals surface area contributed by atoms with Crippen molar-refractivity contribution >= 4 is 5.71 Å². The molecule has 60 valence electrons. The summed E-state index contributed by atoms with van der Waals surface area (Å²) in [5, 5.41) is 0.